The molecule has 0 amide bonds. The fraction of sp³-hybridized carbons (Fsp3) is 0.111. The van der Waals surface area contributed by atoms with E-state index in [-0.39, 0.29) is 11.3 Å². The van der Waals surface area contributed by atoms with Crippen LogP contribution in [0.1, 0.15) is 15.9 Å². The number of thioether (sulfide) groups is 1. The van der Waals surface area contributed by atoms with Crippen molar-refractivity contribution in [1.29, 1.82) is 0 Å². The number of fused-ring (bicyclic) bond motifs is 1. The second-order valence-electron chi connectivity index (χ2n) is 5.11. The van der Waals surface area contributed by atoms with Crippen LogP contribution in [-0.4, -0.2) is 28.0 Å². The average Bonchev–Trinajstić information content (AvgIpc) is 2.90. The molecule has 23 heavy (non-hydrogen) atoms. The smallest absolute Gasteiger partial charge is 0.228 e. The maximum atomic E-state index is 12.1. The first-order valence-electron chi connectivity index (χ1n) is 7.09. The highest BCUT2D eigenvalue weighted by Crippen LogP contribution is 2.37. The minimum Gasteiger partial charge on any atom is -0.507 e. The summed E-state index contributed by atoms with van der Waals surface area (Å²) in [4.78, 5) is 23.2. The Balaban J connectivity index is 2.30. The first-order chi connectivity index (χ1) is 11.2. The van der Waals surface area contributed by atoms with Gasteiger partial charge in [-0.1, -0.05) is 36.4 Å². The van der Waals surface area contributed by atoms with E-state index in [1.165, 1.54) is 17.8 Å². The fourth-order valence-electron chi connectivity index (χ4n) is 2.78. The van der Waals surface area contributed by atoms with Crippen LogP contribution in [0.4, 0.5) is 0 Å². The number of ketones is 1. The zero-order valence-corrected chi connectivity index (χ0v) is 13.3. The van der Waals surface area contributed by atoms with E-state index < -0.39 is 5.78 Å². The molecule has 0 saturated carbocycles. The predicted octanol–water partition coefficient (Wildman–Crippen LogP) is 3.50. The molecule has 0 unspecified atom stereocenters. The van der Waals surface area contributed by atoms with Crippen LogP contribution in [0.25, 0.3) is 10.9 Å². The summed E-state index contributed by atoms with van der Waals surface area (Å²) in [5.41, 5.74) is 2.09. The van der Waals surface area contributed by atoms with Crippen LogP contribution in [0.15, 0.2) is 53.6 Å². The van der Waals surface area contributed by atoms with E-state index in [2.05, 4.69) is 0 Å². The number of carbonyl (C=O) groups excluding carboxylic acids is 2. The lowest BCUT2D eigenvalue weighted by atomic mass is 10.1. The second kappa shape index (κ2) is 6.30. The van der Waals surface area contributed by atoms with Gasteiger partial charge < -0.3 is 9.67 Å². The van der Waals surface area contributed by atoms with Gasteiger partial charge in [-0.25, -0.2) is 0 Å². The normalized spacial score (nSPS) is 10.8. The van der Waals surface area contributed by atoms with Crippen LogP contribution in [0.3, 0.4) is 0 Å². The summed E-state index contributed by atoms with van der Waals surface area (Å²) < 4.78 is 1.96. The van der Waals surface area contributed by atoms with E-state index in [0.29, 0.717) is 23.2 Å². The largest absolute Gasteiger partial charge is 0.507 e. The van der Waals surface area contributed by atoms with E-state index in [9.17, 15) is 14.7 Å². The number of hydrogen-bond donors (Lipinski definition) is 1. The SMILES string of the molecule is CSc1c(C(=O)C=O)c2c(O)cccc2n1Cc1ccccc1. The van der Waals surface area contributed by atoms with Crippen LogP contribution < -0.4 is 0 Å². The first kappa shape index (κ1) is 15.4. The average molecular weight is 325 g/mol. The van der Waals surface area contributed by atoms with E-state index >= 15 is 0 Å². The molecule has 0 atom stereocenters. The van der Waals surface area contributed by atoms with Gasteiger partial charge in [-0.2, -0.15) is 0 Å². The van der Waals surface area contributed by atoms with Gasteiger partial charge in [-0.3, -0.25) is 9.59 Å². The Labute approximate surface area is 137 Å². The Morgan fingerprint density at radius 2 is 1.91 bits per heavy atom. The van der Waals surface area contributed by atoms with Gasteiger partial charge in [0.2, 0.25) is 5.78 Å². The highest BCUT2D eigenvalue weighted by molar-refractivity contribution is 7.98. The zero-order chi connectivity index (χ0) is 16.4. The maximum absolute atomic E-state index is 12.1. The van der Waals surface area contributed by atoms with Gasteiger partial charge in [0.25, 0.3) is 0 Å². The molecule has 1 heterocycles. The lowest BCUT2D eigenvalue weighted by molar-refractivity contribution is -0.104. The Morgan fingerprint density at radius 3 is 2.57 bits per heavy atom. The monoisotopic (exact) mass is 325 g/mol. The minimum atomic E-state index is -0.618. The summed E-state index contributed by atoms with van der Waals surface area (Å²) in [7, 11) is 0. The topological polar surface area (TPSA) is 59.3 Å². The van der Waals surface area contributed by atoms with Crippen LogP contribution in [0.5, 0.6) is 5.75 Å². The van der Waals surface area contributed by atoms with Crippen molar-refractivity contribution in [2.24, 2.45) is 0 Å². The molecule has 5 heteroatoms. The Bertz CT molecular complexity index is 884. The van der Waals surface area contributed by atoms with Crippen LogP contribution in [-0.2, 0) is 11.3 Å². The van der Waals surface area contributed by atoms with Gasteiger partial charge >= 0.3 is 0 Å². The zero-order valence-electron chi connectivity index (χ0n) is 12.5. The Kier molecular flexibility index (Phi) is 4.21. The number of Topliss-reactive ketones (excluding diaryl/α,β-unsaturated/α-hetero) is 1. The Hall–Kier alpha value is -2.53. The molecule has 0 radical (unpaired) electrons. The summed E-state index contributed by atoms with van der Waals surface area (Å²) in [6, 6.07) is 15.0. The van der Waals surface area contributed by atoms with Crippen LogP contribution >= 0.6 is 11.8 Å². The molecule has 1 aromatic heterocycles. The number of benzene rings is 2. The quantitative estimate of drug-likeness (QED) is 0.338. The predicted molar refractivity (Wildman–Crippen MR) is 91.3 cm³/mol. The molecule has 4 nitrogen and oxygen atoms in total. The number of carbonyl (C=O) groups is 2. The van der Waals surface area contributed by atoms with Gasteiger partial charge in [-0.05, 0) is 24.0 Å². The molecule has 0 aliphatic carbocycles. The van der Waals surface area contributed by atoms with Crippen LogP contribution in [0.2, 0.25) is 0 Å². The number of phenolic OH excluding ortho intramolecular Hbond substituents is 1. The van der Waals surface area contributed by atoms with Gasteiger partial charge in [0.15, 0.2) is 6.29 Å². The summed E-state index contributed by atoms with van der Waals surface area (Å²) in [5, 5.41) is 11.3. The summed E-state index contributed by atoms with van der Waals surface area (Å²) >= 11 is 1.39. The lowest BCUT2D eigenvalue weighted by Gasteiger charge is -2.10. The van der Waals surface area contributed by atoms with Gasteiger partial charge in [0.05, 0.1) is 21.5 Å². The molecule has 0 aliphatic heterocycles. The number of aromatic hydroxyl groups is 1. The third-order valence-electron chi connectivity index (χ3n) is 3.75. The van der Waals surface area contributed by atoms with Crippen molar-refractivity contribution in [2.75, 3.05) is 6.26 Å². The number of hydrogen-bond acceptors (Lipinski definition) is 4. The number of aldehydes is 1. The van der Waals surface area contributed by atoms with Gasteiger partial charge in [0.1, 0.15) is 5.75 Å². The Morgan fingerprint density at radius 1 is 1.17 bits per heavy atom. The molecular weight excluding hydrogens is 310 g/mol. The van der Waals surface area contributed by atoms with Crippen molar-refractivity contribution in [3.63, 3.8) is 0 Å². The lowest BCUT2D eigenvalue weighted by Crippen LogP contribution is -2.05. The molecule has 0 bridgehead atoms. The molecule has 0 aliphatic rings. The van der Waals surface area contributed by atoms with Crippen molar-refractivity contribution in [3.05, 3.63) is 59.7 Å². The van der Waals surface area contributed by atoms with E-state index in [1.54, 1.807) is 6.07 Å². The van der Waals surface area contributed by atoms with E-state index in [1.807, 2.05) is 47.2 Å². The van der Waals surface area contributed by atoms with Crippen molar-refractivity contribution >= 4 is 34.7 Å². The number of aromatic nitrogens is 1. The standard InChI is InChI=1S/C18H15NO3S/c1-23-18-17(15(22)11-20)16-13(8-5-9-14(16)21)19(18)10-12-6-3-2-4-7-12/h2-9,11,21H,10H2,1H3. The van der Waals surface area contributed by atoms with Crippen LogP contribution in [0, 0.1) is 0 Å². The number of nitrogens with zero attached hydrogens (tertiary/aromatic N) is 1. The third-order valence-corrected chi connectivity index (χ3v) is 4.56. The van der Waals surface area contributed by atoms with E-state index in [0.717, 1.165) is 11.1 Å². The van der Waals surface area contributed by atoms with Crippen molar-refractivity contribution in [1.82, 2.24) is 4.57 Å². The molecule has 1 N–H and O–H groups in total. The van der Waals surface area contributed by atoms with E-state index in [4.69, 9.17) is 0 Å². The second-order valence-corrected chi connectivity index (χ2v) is 5.90. The van der Waals surface area contributed by atoms with Gasteiger partial charge in [0, 0.05) is 6.54 Å². The molecule has 3 rings (SSSR count). The summed E-state index contributed by atoms with van der Waals surface area (Å²) in [5.74, 6) is -0.609. The molecular formula is C18H15NO3S. The molecule has 3 aromatic rings. The highest BCUT2D eigenvalue weighted by atomic mass is 32.2. The first-order valence-corrected chi connectivity index (χ1v) is 8.31. The number of rotatable bonds is 5. The van der Waals surface area contributed by atoms with Crippen molar-refractivity contribution < 1.29 is 14.7 Å². The summed E-state index contributed by atoms with van der Waals surface area (Å²) in [6.07, 6.45) is 2.15. The summed E-state index contributed by atoms with van der Waals surface area (Å²) in [6.45, 7) is 0.559. The fourth-order valence-corrected chi connectivity index (χ4v) is 3.57. The molecule has 116 valence electrons. The van der Waals surface area contributed by atoms with Crippen molar-refractivity contribution in [3.8, 4) is 5.75 Å². The third kappa shape index (κ3) is 2.64. The molecule has 0 saturated heterocycles. The highest BCUT2D eigenvalue weighted by Gasteiger charge is 2.24. The number of phenols is 1. The molecule has 2 aromatic carbocycles. The maximum Gasteiger partial charge on any atom is 0.228 e. The minimum absolute atomic E-state index is 0.00908. The molecule has 0 spiro atoms. The van der Waals surface area contributed by atoms with Gasteiger partial charge in [-0.15, -0.1) is 11.8 Å². The molecule has 0 fully saturated rings. The van der Waals surface area contributed by atoms with Crippen molar-refractivity contribution in [2.45, 2.75) is 11.6 Å².